The number of nitrogens with zero attached hydrogens (tertiary/aromatic N) is 4. The average Bonchev–Trinajstić information content (AvgIpc) is 1.73. The fraction of sp³-hybridized carbons (Fsp3) is 0.167. The van der Waals surface area contributed by atoms with Crippen LogP contribution in [0.2, 0.25) is 30.1 Å². The maximum atomic E-state index is 14.8. The number of nitrogens with one attached hydrogen (secondary N) is 3. The standard InChI is InChI=1S/C21H15ClFN3O2.C16H13BrClFN2O2.C16H11BrClFN2O2.C9H8ClFO2.C8H8ClFO.C6H4ClFO.2CH4/c1-2-28-17-6-5-16(22)18(19(17)23)20(27)15-11-26-21-14(15)8-13(10-25-21)12-4-3-7-24-9-12;2*1-2-23-12-4-3-11(18)13(14(12)19)15(22)10-7-21-16-9(10)5-8(17)6-20-16;1-2-13-8-4-3-7(10)6(5-12)9(8)11;1-2-11-8-4-3-6(9)5-7(8)10;7-4-1-2-6(9)5(8)3-4;;/h3-11H,2H2,1H3,(H,25,26);3-7,15,22H,2H2,1H3,(H,20,21);3-7H,2H2,1H3,(H,20,21);3-5H,2H2,1H3;3-5H,2H2,1H3;1-3,9H;2*1H4. The second kappa shape index (κ2) is 42.0. The number of carbonyl (C=O) groups is 3. The Morgan fingerprint density at radius 1 is 0.486 bits per heavy atom. The molecule has 572 valence electrons. The Morgan fingerprint density at radius 3 is 1.39 bits per heavy atom. The number of benzene rings is 6. The van der Waals surface area contributed by atoms with Crippen LogP contribution in [0.3, 0.4) is 0 Å². The number of aromatic hydroxyl groups is 1. The Balaban J connectivity index is 0.000000212. The number of H-pyrrole nitrogens is 3. The van der Waals surface area contributed by atoms with Crippen molar-refractivity contribution in [3.63, 3.8) is 0 Å². The van der Waals surface area contributed by atoms with Crippen LogP contribution in [0.1, 0.15) is 109 Å². The van der Waals surface area contributed by atoms with E-state index in [2.05, 4.69) is 66.7 Å². The zero-order valence-corrected chi connectivity index (χ0v) is 64.2. The van der Waals surface area contributed by atoms with Gasteiger partial charge in [-0.2, -0.15) is 0 Å². The summed E-state index contributed by atoms with van der Waals surface area (Å²) in [6.07, 6.45) is 12.1. The summed E-state index contributed by atoms with van der Waals surface area (Å²) in [7, 11) is 0. The number of ether oxygens (including phenoxy) is 5. The Bertz CT molecular complexity index is 5320. The Kier molecular flexibility index (Phi) is 34.1. The summed E-state index contributed by atoms with van der Waals surface area (Å²) in [5.41, 5.74) is 3.77. The predicted octanol–water partition coefficient (Wildman–Crippen LogP) is 23.4. The van der Waals surface area contributed by atoms with Crippen molar-refractivity contribution in [1.29, 1.82) is 0 Å². The van der Waals surface area contributed by atoms with Gasteiger partial charge in [0.1, 0.15) is 23.0 Å². The lowest BCUT2D eigenvalue weighted by Crippen LogP contribution is -2.07. The molecule has 0 aliphatic rings. The highest BCUT2D eigenvalue weighted by Gasteiger charge is 2.28. The van der Waals surface area contributed by atoms with Gasteiger partial charge in [-0.3, -0.25) is 19.4 Å². The summed E-state index contributed by atoms with van der Waals surface area (Å²) in [6, 6.07) is 28.6. The molecule has 7 heterocycles. The van der Waals surface area contributed by atoms with Gasteiger partial charge in [-0.05, 0) is 176 Å². The lowest BCUT2D eigenvalue weighted by atomic mass is 10.0. The van der Waals surface area contributed by atoms with Gasteiger partial charge < -0.3 is 48.8 Å². The van der Waals surface area contributed by atoms with Gasteiger partial charge in [-0.1, -0.05) is 90.5 Å². The van der Waals surface area contributed by atoms with E-state index < -0.39 is 52.6 Å². The van der Waals surface area contributed by atoms with E-state index in [1.807, 2.05) is 18.2 Å². The van der Waals surface area contributed by atoms with Crippen molar-refractivity contribution in [3.05, 3.63) is 278 Å². The minimum absolute atomic E-state index is 0. The highest BCUT2D eigenvalue weighted by Crippen LogP contribution is 2.39. The molecule has 7 aromatic heterocycles. The number of aliphatic hydroxyl groups is 1. The Labute approximate surface area is 669 Å². The highest BCUT2D eigenvalue weighted by atomic mass is 79.9. The third-order valence-corrected chi connectivity index (χ3v) is 17.4. The first-order chi connectivity index (χ1) is 51.3. The maximum Gasteiger partial charge on any atom is 0.199 e. The number of rotatable bonds is 18. The molecule has 0 saturated heterocycles. The van der Waals surface area contributed by atoms with Crippen LogP contribution in [0.5, 0.6) is 34.5 Å². The van der Waals surface area contributed by atoms with Crippen molar-refractivity contribution >= 4 is 152 Å². The molecule has 0 aliphatic heterocycles. The number of carbonyl (C=O) groups excluding carboxylic acids is 3. The molecule has 0 radical (unpaired) electrons. The molecule has 17 nitrogen and oxygen atoms in total. The molecule has 13 rings (SSSR count). The summed E-state index contributed by atoms with van der Waals surface area (Å²) >= 11 is 41.4. The molecule has 0 saturated carbocycles. The van der Waals surface area contributed by atoms with E-state index in [1.165, 1.54) is 85.2 Å². The summed E-state index contributed by atoms with van der Waals surface area (Å²) in [5.74, 6) is -5.11. The lowest BCUT2D eigenvalue weighted by molar-refractivity contribution is 0.102. The molecule has 1 atom stereocenters. The third kappa shape index (κ3) is 22.2. The zero-order valence-electron chi connectivity index (χ0n) is 56.5. The van der Waals surface area contributed by atoms with Crippen molar-refractivity contribution in [3.8, 4) is 45.6 Å². The summed E-state index contributed by atoms with van der Waals surface area (Å²) < 4.78 is 109. The number of aromatic amines is 3. The van der Waals surface area contributed by atoms with Crippen LogP contribution in [0.15, 0.2) is 174 Å². The number of aliphatic hydroxyl groups excluding tert-OH is 1. The van der Waals surface area contributed by atoms with Gasteiger partial charge in [0.2, 0.25) is 0 Å². The van der Waals surface area contributed by atoms with Crippen LogP contribution in [0, 0.1) is 34.9 Å². The van der Waals surface area contributed by atoms with Crippen LogP contribution < -0.4 is 23.7 Å². The molecule has 0 fully saturated rings. The first kappa shape index (κ1) is 88.5. The second-order valence-corrected chi connectivity index (χ2v) is 26.0. The van der Waals surface area contributed by atoms with Crippen LogP contribution in [0.4, 0.5) is 26.3 Å². The largest absolute Gasteiger partial charge is 0.505 e. The number of ketones is 2. The number of halogens is 14. The van der Waals surface area contributed by atoms with E-state index in [1.54, 1.807) is 90.0 Å². The van der Waals surface area contributed by atoms with Gasteiger partial charge in [0.05, 0.1) is 64.8 Å². The third-order valence-electron chi connectivity index (χ3n) is 14.8. The monoisotopic (exact) mass is 1740 g/mol. The molecule has 31 heteroatoms. The van der Waals surface area contributed by atoms with Crippen molar-refractivity contribution in [1.82, 2.24) is 34.9 Å². The van der Waals surface area contributed by atoms with Gasteiger partial charge in [-0.15, -0.1) is 0 Å². The molecule has 0 aliphatic carbocycles. The molecule has 5 N–H and O–H groups in total. The topological polar surface area (TPSA) is 237 Å². The van der Waals surface area contributed by atoms with Gasteiger partial charge in [0.15, 0.2) is 87.3 Å². The number of pyridine rings is 4. The lowest BCUT2D eigenvalue weighted by Gasteiger charge is -2.15. The summed E-state index contributed by atoms with van der Waals surface area (Å²) in [4.78, 5) is 62.0. The summed E-state index contributed by atoms with van der Waals surface area (Å²) in [6.45, 7) is 10.4. The van der Waals surface area contributed by atoms with Gasteiger partial charge in [0, 0.05) is 123 Å². The minimum Gasteiger partial charge on any atom is -0.505 e. The van der Waals surface area contributed by atoms with Crippen molar-refractivity contribution in [2.75, 3.05) is 33.0 Å². The van der Waals surface area contributed by atoms with Crippen molar-refractivity contribution in [2.45, 2.75) is 55.6 Å². The molecule has 13 aromatic rings. The van der Waals surface area contributed by atoms with Crippen LogP contribution in [0.25, 0.3) is 44.2 Å². The van der Waals surface area contributed by atoms with E-state index in [9.17, 15) is 45.8 Å². The number of aromatic nitrogens is 7. The number of phenolic OH excluding ortho intramolecular Hbond substituents is 1. The molecule has 0 spiro atoms. The normalized spacial score (nSPS) is 10.7. The molecule has 6 aromatic carbocycles. The number of phenols is 1. The van der Waals surface area contributed by atoms with E-state index in [-0.39, 0.29) is 115 Å². The Hall–Kier alpha value is -9.41. The number of hydrogen-bond acceptors (Lipinski definition) is 14. The van der Waals surface area contributed by atoms with Gasteiger partial charge >= 0.3 is 0 Å². The molecular weight excluding hydrogens is 1680 g/mol. The van der Waals surface area contributed by atoms with Crippen molar-refractivity contribution in [2.24, 2.45) is 0 Å². The fourth-order valence-electron chi connectivity index (χ4n) is 9.94. The fourth-order valence-corrected chi connectivity index (χ4v) is 11.8. The molecule has 1 unspecified atom stereocenters. The quantitative estimate of drug-likeness (QED) is 0.0305. The van der Waals surface area contributed by atoms with E-state index in [0.717, 1.165) is 21.7 Å². The molecule has 0 amide bonds. The van der Waals surface area contributed by atoms with Gasteiger partial charge in [0.25, 0.3) is 0 Å². The molecular formula is C78H67Br2Cl6F6N7O10. The number of aldehydes is 1. The van der Waals surface area contributed by atoms with Crippen LogP contribution >= 0.6 is 101 Å². The second-order valence-electron chi connectivity index (χ2n) is 21.6. The van der Waals surface area contributed by atoms with E-state index in [4.69, 9.17) is 98.4 Å². The number of hydrogen-bond donors (Lipinski definition) is 5. The van der Waals surface area contributed by atoms with Crippen molar-refractivity contribution < 1.29 is 74.6 Å². The molecule has 109 heavy (non-hydrogen) atoms. The minimum atomic E-state index is -1.24. The predicted molar refractivity (Wildman–Crippen MR) is 423 cm³/mol. The first-order valence-electron chi connectivity index (χ1n) is 31.8. The Morgan fingerprint density at radius 2 is 0.908 bits per heavy atom. The van der Waals surface area contributed by atoms with E-state index >= 15 is 0 Å². The van der Waals surface area contributed by atoms with Crippen LogP contribution in [-0.2, 0) is 0 Å². The van der Waals surface area contributed by atoms with E-state index in [0.29, 0.717) is 79.8 Å². The number of fused-ring (bicyclic) bond motifs is 3. The smallest absolute Gasteiger partial charge is 0.199 e. The maximum absolute atomic E-state index is 14.8. The SMILES string of the molecule is C.C.CCOc1ccc(Cl)c(C(=O)c2c[nH]c3ncc(-c4cccnc4)cc23)c1F.CCOc1ccc(Cl)c(C(=O)c2c[nH]c3ncc(Br)cc23)c1F.CCOc1ccc(Cl)c(C(O)c2c[nH]c3ncc(Br)cc23)c1F.CCOc1ccc(Cl)c(C=O)c1F.CCOc1ccc(Cl)cc1F.Oc1ccc(Cl)cc1F. The average molecular weight is 1750 g/mol. The zero-order chi connectivity index (χ0) is 77.8. The molecule has 0 bridgehead atoms. The highest BCUT2D eigenvalue weighted by molar-refractivity contribution is 9.10. The summed E-state index contributed by atoms with van der Waals surface area (Å²) in [5, 5.41) is 22.1. The van der Waals surface area contributed by atoms with Crippen LogP contribution in [-0.4, -0.2) is 96.0 Å². The first-order valence-corrected chi connectivity index (χ1v) is 35.6. The van der Waals surface area contributed by atoms with Gasteiger partial charge in [-0.25, -0.2) is 41.3 Å².